The van der Waals surface area contributed by atoms with Crippen molar-refractivity contribution in [1.29, 1.82) is 0 Å². The molecule has 0 N–H and O–H groups in total. The lowest BCUT2D eigenvalue weighted by molar-refractivity contribution is 0.133. The first kappa shape index (κ1) is 18.8. The van der Waals surface area contributed by atoms with Crippen LogP contribution in [0.3, 0.4) is 0 Å². The average Bonchev–Trinajstić information content (AvgIpc) is 2.72. The molecule has 146 valence electrons. The molecule has 1 atom stereocenters. The second-order valence-corrected chi connectivity index (χ2v) is 7.64. The SMILES string of the molecule is Cc1c(OCCN2CCCCC2C)ccc2c(=O)cc(-c3ccccc3)oc12. The summed E-state index contributed by atoms with van der Waals surface area (Å²) in [6.07, 6.45) is 3.86. The van der Waals surface area contributed by atoms with Gasteiger partial charge in [0.15, 0.2) is 5.43 Å². The lowest BCUT2D eigenvalue weighted by Gasteiger charge is -2.33. The maximum absolute atomic E-state index is 12.6. The Bertz CT molecular complexity index is 1010. The second kappa shape index (κ2) is 8.19. The first-order valence-corrected chi connectivity index (χ1v) is 10.1. The van der Waals surface area contributed by atoms with Crippen LogP contribution in [0.25, 0.3) is 22.3 Å². The van der Waals surface area contributed by atoms with Crippen LogP contribution >= 0.6 is 0 Å². The Balaban J connectivity index is 1.58. The van der Waals surface area contributed by atoms with Gasteiger partial charge >= 0.3 is 0 Å². The number of rotatable bonds is 5. The van der Waals surface area contributed by atoms with E-state index in [2.05, 4.69) is 11.8 Å². The molecule has 1 unspecified atom stereocenters. The molecule has 0 spiro atoms. The van der Waals surface area contributed by atoms with E-state index in [0.717, 1.165) is 30.0 Å². The van der Waals surface area contributed by atoms with Crippen molar-refractivity contribution in [3.8, 4) is 17.1 Å². The van der Waals surface area contributed by atoms with Gasteiger partial charge in [-0.05, 0) is 45.4 Å². The van der Waals surface area contributed by atoms with Crippen molar-refractivity contribution in [3.05, 3.63) is 64.3 Å². The first-order chi connectivity index (χ1) is 13.6. The summed E-state index contributed by atoms with van der Waals surface area (Å²) >= 11 is 0. The first-order valence-electron chi connectivity index (χ1n) is 10.1. The summed E-state index contributed by atoms with van der Waals surface area (Å²) in [5.41, 5.74) is 2.34. The quantitative estimate of drug-likeness (QED) is 0.626. The maximum Gasteiger partial charge on any atom is 0.193 e. The maximum atomic E-state index is 12.6. The molecule has 0 saturated carbocycles. The number of nitrogens with zero attached hydrogens (tertiary/aromatic N) is 1. The third-order valence-corrected chi connectivity index (χ3v) is 5.73. The van der Waals surface area contributed by atoms with Gasteiger partial charge in [0.25, 0.3) is 0 Å². The topological polar surface area (TPSA) is 42.7 Å². The fraction of sp³-hybridized carbons (Fsp3) is 0.375. The molecule has 0 radical (unpaired) electrons. The largest absolute Gasteiger partial charge is 0.492 e. The summed E-state index contributed by atoms with van der Waals surface area (Å²) < 4.78 is 12.2. The van der Waals surface area contributed by atoms with E-state index in [1.165, 1.54) is 19.3 Å². The number of aryl methyl sites for hydroxylation is 1. The fourth-order valence-electron chi connectivity index (χ4n) is 4.00. The monoisotopic (exact) mass is 377 g/mol. The van der Waals surface area contributed by atoms with Gasteiger partial charge in [0, 0.05) is 29.8 Å². The highest BCUT2D eigenvalue weighted by atomic mass is 16.5. The molecular formula is C24H27NO3. The van der Waals surface area contributed by atoms with Gasteiger partial charge in [0.2, 0.25) is 0 Å². The standard InChI is InChI=1S/C24H27NO3/c1-17-8-6-7-13-25(17)14-15-27-22-12-11-20-21(26)16-23(28-24(20)18(22)2)19-9-4-3-5-10-19/h3-5,9-12,16-17H,6-8,13-15H2,1-2H3. The summed E-state index contributed by atoms with van der Waals surface area (Å²) in [5, 5.41) is 0.592. The van der Waals surface area contributed by atoms with Crippen LogP contribution < -0.4 is 10.2 Å². The second-order valence-electron chi connectivity index (χ2n) is 7.64. The zero-order chi connectivity index (χ0) is 19.5. The highest BCUT2D eigenvalue weighted by Gasteiger charge is 2.18. The summed E-state index contributed by atoms with van der Waals surface area (Å²) in [7, 11) is 0. The van der Waals surface area contributed by atoms with E-state index < -0.39 is 0 Å². The van der Waals surface area contributed by atoms with Gasteiger partial charge < -0.3 is 9.15 Å². The van der Waals surface area contributed by atoms with Gasteiger partial charge in [0.05, 0.1) is 5.39 Å². The zero-order valence-corrected chi connectivity index (χ0v) is 16.6. The Morgan fingerprint density at radius 1 is 1.14 bits per heavy atom. The van der Waals surface area contributed by atoms with Crippen LogP contribution in [0.4, 0.5) is 0 Å². The summed E-state index contributed by atoms with van der Waals surface area (Å²) in [6.45, 7) is 6.96. The molecule has 4 nitrogen and oxygen atoms in total. The number of benzene rings is 2. The number of ether oxygens (including phenoxy) is 1. The van der Waals surface area contributed by atoms with Gasteiger partial charge in [-0.15, -0.1) is 0 Å². The molecule has 2 heterocycles. The number of hydrogen-bond donors (Lipinski definition) is 0. The van der Waals surface area contributed by atoms with Gasteiger partial charge in [-0.1, -0.05) is 36.8 Å². The van der Waals surface area contributed by atoms with Crippen molar-refractivity contribution in [2.24, 2.45) is 0 Å². The van der Waals surface area contributed by atoms with E-state index in [0.29, 0.717) is 29.4 Å². The van der Waals surface area contributed by atoms with E-state index in [1.54, 1.807) is 6.07 Å². The average molecular weight is 377 g/mol. The van der Waals surface area contributed by atoms with Gasteiger partial charge in [0.1, 0.15) is 23.7 Å². The van der Waals surface area contributed by atoms with Gasteiger partial charge in [-0.25, -0.2) is 0 Å². The summed E-state index contributed by atoms with van der Waals surface area (Å²) in [5.74, 6) is 1.37. The van der Waals surface area contributed by atoms with Crippen molar-refractivity contribution in [3.63, 3.8) is 0 Å². The molecule has 1 aliphatic rings. The molecular weight excluding hydrogens is 350 g/mol. The zero-order valence-electron chi connectivity index (χ0n) is 16.6. The highest BCUT2D eigenvalue weighted by molar-refractivity contribution is 5.83. The van der Waals surface area contributed by atoms with Gasteiger partial charge in [-0.2, -0.15) is 0 Å². The minimum absolute atomic E-state index is 0.0307. The minimum Gasteiger partial charge on any atom is -0.492 e. The molecule has 2 aromatic carbocycles. The molecule has 0 aliphatic carbocycles. The Hall–Kier alpha value is -2.59. The number of likely N-dealkylation sites (tertiary alicyclic amines) is 1. The van der Waals surface area contributed by atoms with Crippen LogP contribution in [0.15, 0.2) is 57.7 Å². The van der Waals surface area contributed by atoms with Crippen LogP contribution in [-0.2, 0) is 0 Å². The number of hydrogen-bond acceptors (Lipinski definition) is 4. The fourth-order valence-corrected chi connectivity index (χ4v) is 4.00. The van der Waals surface area contributed by atoms with Crippen LogP contribution in [-0.4, -0.2) is 30.6 Å². The predicted octanol–water partition coefficient (Wildman–Crippen LogP) is 5.02. The third kappa shape index (κ3) is 3.83. The summed E-state index contributed by atoms with van der Waals surface area (Å²) in [4.78, 5) is 15.1. The molecule has 3 aromatic rings. The van der Waals surface area contributed by atoms with E-state index in [4.69, 9.17) is 9.15 Å². The molecule has 1 saturated heterocycles. The molecule has 0 amide bonds. The van der Waals surface area contributed by atoms with E-state index in [1.807, 2.05) is 49.4 Å². The molecule has 4 heteroatoms. The van der Waals surface area contributed by atoms with Crippen molar-refractivity contribution in [1.82, 2.24) is 4.90 Å². The predicted molar refractivity (Wildman–Crippen MR) is 113 cm³/mol. The molecule has 28 heavy (non-hydrogen) atoms. The molecule has 4 rings (SSSR count). The highest BCUT2D eigenvalue weighted by Crippen LogP contribution is 2.29. The Morgan fingerprint density at radius 3 is 2.75 bits per heavy atom. The van der Waals surface area contributed by atoms with Crippen LogP contribution in [0.5, 0.6) is 5.75 Å². The van der Waals surface area contributed by atoms with Crippen molar-refractivity contribution in [2.75, 3.05) is 19.7 Å². The van der Waals surface area contributed by atoms with Crippen LogP contribution in [0.1, 0.15) is 31.7 Å². The summed E-state index contributed by atoms with van der Waals surface area (Å²) in [6, 6.07) is 15.6. The van der Waals surface area contributed by atoms with Gasteiger partial charge in [-0.3, -0.25) is 9.69 Å². The lowest BCUT2D eigenvalue weighted by Crippen LogP contribution is -2.39. The smallest absolute Gasteiger partial charge is 0.193 e. The Labute approximate surface area is 165 Å². The molecule has 1 aromatic heterocycles. The third-order valence-electron chi connectivity index (χ3n) is 5.73. The van der Waals surface area contributed by atoms with Crippen molar-refractivity contribution < 1.29 is 9.15 Å². The van der Waals surface area contributed by atoms with E-state index in [9.17, 15) is 4.79 Å². The van der Waals surface area contributed by atoms with Crippen LogP contribution in [0.2, 0.25) is 0 Å². The van der Waals surface area contributed by atoms with E-state index in [-0.39, 0.29) is 5.43 Å². The molecule has 1 fully saturated rings. The van der Waals surface area contributed by atoms with Crippen molar-refractivity contribution >= 4 is 11.0 Å². The van der Waals surface area contributed by atoms with Crippen molar-refractivity contribution in [2.45, 2.75) is 39.2 Å². The molecule has 0 bridgehead atoms. The van der Waals surface area contributed by atoms with Crippen LogP contribution in [0, 0.1) is 6.92 Å². The Morgan fingerprint density at radius 2 is 1.96 bits per heavy atom. The number of piperidine rings is 1. The minimum atomic E-state index is -0.0307. The normalized spacial score (nSPS) is 17.7. The number of fused-ring (bicyclic) bond motifs is 1. The lowest BCUT2D eigenvalue weighted by atomic mass is 10.0. The Kier molecular flexibility index (Phi) is 5.49. The molecule has 1 aliphatic heterocycles. The van der Waals surface area contributed by atoms with E-state index >= 15 is 0 Å².